The molecule has 2 atom stereocenters. The van der Waals surface area contributed by atoms with Crippen molar-refractivity contribution in [1.82, 2.24) is 0 Å². The Labute approximate surface area is 115 Å². The number of carbonyl (C=O) groups excluding carboxylic acids is 1. The molecule has 0 aromatic rings. The molecule has 0 heterocycles. The lowest BCUT2D eigenvalue weighted by Crippen LogP contribution is -2.34. The Morgan fingerprint density at radius 1 is 1.37 bits per heavy atom. The topological polar surface area (TPSA) is 54.0 Å². The highest BCUT2D eigenvalue weighted by molar-refractivity contribution is 5.86. The van der Waals surface area contributed by atoms with E-state index < -0.39 is 18.0 Å². The molecule has 0 spiro atoms. The molecule has 0 rings (SSSR count). The Balaban J connectivity index is 4.05. The van der Waals surface area contributed by atoms with Crippen LogP contribution in [-0.2, 0) is 23.7 Å². The average Bonchev–Trinajstić information content (AvgIpc) is 2.24. The summed E-state index contributed by atoms with van der Waals surface area (Å²) in [6.45, 7) is 15.7. The van der Waals surface area contributed by atoms with Crippen molar-refractivity contribution in [3.63, 3.8) is 0 Å². The zero-order valence-corrected chi connectivity index (χ0v) is 12.4. The van der Waals surface area contributed by atoms with Crippen LogP contribution in [-0.4, -0.2) is 30.8 Å². The lowest BCUT2D eigenvalue weighted by molar-refractivity contribution is -0.281. The van der Waals surface area contributed by atoms with Gasteiger partial charge in [-0.1, -0.05) is 13.2 Å². The molecule has 0 aliphatic rings. The summed E-state index contributed by atoms with van der Waals surface area (Å²) in [4.78, 5) is 11.2. The van der Waals surface area contributed by atoms with Gasteiger partial charge in [-0.05, 0) is 20.8 Å². The van der Waals surface area contributed by atoms with E-state index in [2.05, 4.69) is 13.2 Å². The fourth-order valence-electron chi connectivity index (χ4n) is 1.34. The second kappa shape index (κ2) is 7.96. The minimum atomic E-state index is -0.824. The van der Waals surface area contributed by atoms with E-state index in [1.54, 1.807) is 34.6 Å². The normalized spacial score (nSPS) is 14.4. The Morgan fingerprint density at radius 2 is 1.95 bits per heavy atom. The molecule has 5 nitrogen and oxygen atoms in total. The Kier molecular flexibility index (Phi) is 7.41. The van der Waals surface area contributed by atoms with Crippen molar-refractivity contribution in [3.8, 4) is 0 Å². The van der Waals surface area contributed by atoms with Crippen molar-refractivity contribution in [2.24, 2.45) is 0 Å². The van der Waals surface area contributed by atoms with Gasteiger partial charge < -0.3 is 18.9 Å². The lowest BCUT2D eigenvalue weighted by atomic mass is 10.3. The Bertz CT molecular complexity index is 322. The van der Waals surface area contributed by atoms with Crippen molar-refractivity contribution in [2.75, 3.05) is 6.61 Å². The molecule has 0 saturated carbocycles. The number of rotatable bonds is 9. The van der Waals surface area contributed by atoms with Crippen molar-refractivity contribution >= 4 is 5.97 Å². The zero-order valence-electron chi connectivity index (χ0n) is 12.4. The maximum Gasteiger partial charge on any atom is 0.333 e. The maximum atomic E-state index is 11.2. The molecule has 19 heavy (non-hydrogen) atoms. The number of hydrogen-bond donors (Lipinski definition) is 0. The molecule has 0 bridgehead atoms. The van der Waals surface area contributed by atoms with Crippen LogP contribution in [0.1, 0.15) is 34.6 Å². The average molecular weight is 272 g/mol. The summed E-state index contributed by atoms with van der Waals surface area (Å²) in [5.41, 5.74) is 0.358. The number of hydrogen-bond acceptors (Lipinski definition) is 5. The van der Waals surface area contributed by atoms with Crippen LogP contribution in [0.4, 0.5) is 0 Å². The molecule has 0 aliphatic carbocycles. The first-order chi connectivity index (χ1) is 8.68. The van der Waals surface area contributed by atoms with Crippen LogP contribution in [0, 0.1) is 0 Å². The van der Waals surface area contributed by atoms with Crippen LogP contribution in [0.3, 0.4) is 0 Å². The molecule has 0 saturated heterocycles. The van der Waals surface area contributed by atoms with Gasteiger partial charge in [-0.2, -0.15) is 0 Å². The van der Waals surface area contributed by atoms with Crippen molar-refractivity contribution in [3.05, 3.63) is 25.0 Å². The van der Waals surface area contributed by atoms with Gasteiger partial charge in [0.1, 0.15) is 6.61 Å². The van der Waals surface area contributed by atoms with Crippen molar-refractivity contribution < 1.29 is 23.7 Å². The standard InChI is InChI=1S/C14H24O5/c1-8-17-14(6,7)19-12(5)18-11(4)9-16-13(15)10(2)3/h8,11-12H,1-2,9H2,3-7H3. The van der Waals surface area contributed by atoms with E-state index >= 15 is 0 Å². The monoisotopic (exact) mass is 272 g/mol. The summed E-state index contributed by atoms with van der Waals surface area (Å²) in [5, 5.41) is 0. The summed E-state index contributed by atoms with van der Waals surface area (Å²) in [6, 6.07) is 0. The van der Waals surface area contributed by atoms with Crippen LogP contribution in [0.2, 0.25) is 0 Å². The fraction of sp³-hybridized carbons (Fsp3) is 0.643. The van der Waals surface area contributed by atoms with Gasteiger partial charge in [0.15, 0.2) is 6.29 Å². The molecule has 2 unspecified atom stereocenters. The quantitative estimate of drug-likeness (QED) is 0.279. The first-order valence-electron chi connectivity index (χ1n) is 6.12. The van der Waals surface area contributed by atoms with Gasteiger partial charge in [0.2, 0.25) is 5.79 Å². The summed E-state index contributed by atoms with van der Waals surface area (Å²) < 4.78 is 21.2. The molecule has 0 aliphatic heterocycles. The minimum Gasteiger partial charge on any atom is -0.471 e. The molecule has 0 amide bonds. The predicted octanol–water partition coefficient (Wildman–Crippen LogP) is 2.77. The summed E-state index contributed by atoms with van der Waals surface area (Å²) in [5.74, 6) is -1.26. The molecule has 0 radical (unpaired) electrons. The zero-order chi connectivity index (χ0) is 15.1. The molecule has 110 valence electrons. The van der Waals surface area contributed by atoms with Crippen molar-refractivity contribution in [1.29, 1.82) is 0 Å². The van der Waals surface area contributed by atoms with Crippen LogP contribution in [0.15, 0.2) is 25.0 Å². The highest BCUT2D eigenvalue weighted by Crippen LogP contribution is 2.16. The number of esters is 1. The van der Waals surface area contributed by atoms with Gasteiger partial charge in [-0.25, -0.2) is 4.79 Å². The Morgan fingerprint density at radius 3 is 2.42 bits per heavy atom. The minimum absolute atomic E-state index is 0.141. The highest BCUT2D eigenvalue weighted by atomic mass is 16.8. The third kappa shape index (κ3) is 8.40. The SMILES string of the molecule is C=COC(C)(C)OC(C)OC(C)COC(=O)C(=C)C. The molecular weight excluding hydrogens is 248 g/mol. The maximum absolute atomic E-state index is 11.2. The van der Waals surface area contributed by atoms with E-state index in [1.165, 1.54) is 6.26 Å². The third-order valence-corrected chi connectivity index (χ3v) is 2.04. The van der Waals surface area contributed by atoms with Crippen molar-refractivity contribution in [2.45, 2.75) is 52.8 Å². The van der Waals surface area contributed by atoms with Crippen LogP contribution >= 0.6 is 0 Å². The third-order valence-electron chi connectivity index (χ3n) is 2.04. The lowest BCUT2D eigenvalue weighted by Gasteiger charge is -2.29. The van der Waals surface area contributed by atoms with E-state index in [-0.39, 0.29) is 12.7 Å². The molecule has 0 fully saturated rings. The van der Waals surface area contributed by atoms with E-state index in [0.717, 1.165) is 0 Å². The fourth-order valence-corrected chi connectivity index (χ4v) is 1.34. The van der Waals surface area contributed by atoms with E-state index in [4.69, 9.17) is 18.9 Å². The van der Waals surface area contributed by atoms with Crippen LogP contribution < -0.4 is 0 Å². The molecular formula is C14H24O5. The first-order valence-corrected chi connectivity index (χ1v) is 6.12. The van der Waals surface area contributed by atoms with E-state index in [9.17, 15) is 4.79 Å². The largest absolute Gasteiger partial charge is 0.471 e. The van der Waals surface area contributed by atoms with Gasteiger partial charge in [0.05, 0.1) is 12.4 Å². The summed E-state index contributed by atoms with van der Waals surface area (Å²) in [7, 11) is 0. The highest BCUT2D eigenvalue weighted by Gasteiger charge is 2.23. The summed E-state index contributed by atoms with van der Waals surface area (Å²) in [6.07, 6.45) is 0.511. The molecule has 0 aromatic carbocycles. The van der Waals surface area contributed by atoms with Crippen LogP contribution in [0.5, 0.6) is 0 Å². The van der Waals surface area contributed by atoms with Crippen LogP contribution in [0.25, 0.3) is 0 Å². The predicted molar refractivity (Wildman–Crippen MR) is 72.2 cm³/mol. The number of carbonyl (C=O) groups is 1. The second-order valence-electron chi connectivity index (χ2n) is 4.70. The van der Waals surface area contributed by atoms with E-state index in [0.29, 0.717) is 5.57 Å². The van der Waals surface area contributed by atoms with Gasteiger partial charge in [0, 0.05) is 19.4 Å². The number of ether oxygens (including phenoxy) is 4. The smallest absolute Gasteiger partial charge is 0.333 e. The molecule has 5 heteroatoms. The first kappa shape index (κ1) is 17.7. The summed E-state index contributed by atoms with van der Waals surface area (Å²) >= 11 is 0. The molecule has 0 N–H and O–H groups in total. The molecule has 0 aromatic heterocycles. The second-order valence-corrected chi connectivity index (χ2v) is 4.70. The van der Waals surface area contributed by atoms with E-state index in [1.807, 2.05) is 0 Å². The van der Waals surface area contributed by atoms with Gasteiger partial charge in [-0.3, -0.25) is 0 Å². The Hall–Kier alpha value is -1.33. The van der Waals surface area contributed by atoms with Gasteiger partial charge >= 0.3 is 5.97 Å². The van der Waals surface area contributed by atoms with Gasteiger partial charge in [0.25, 0.3) is 0 Å². The van der Waals surface area contributed by atoms with Gasteiger partial charge in [-0.15, -0.1) is 0 Å².